The number of hydrogen-bond acceptors (Lipinski definition) is 3. The van der Waals surface area contributed by atoms with Crippen molar-refractivity contribution in [1.29, 1.82) is 0 Å². The lowest BCUT2D eigenvalue weighted by molar-refractivity contribution is -0.137. The maximum absolute atomic E-state index is 11.9. The van der Waals surface area contributed by atoms with Crippen LogP contribution in [0.2, 0.25) is 5.02 Å². The summed E-state index contributed by atoms with van der Waals surface area (Å²) >= 11 is 7.11. The van der Waals surface area contributed by atoms with Crippen LogP contribution >= 0.6 is 22.9 Å². The molecule has 0 saturated carbocycles. The first-order valence-corrected chi connectivity index (χ1v) is 6.06. The number of amides is 1. The average molecular weight is 262 g/mol. The summed E-state index contributed by atoms with van der Waals surface area (Å²) in [7, 11) is 0. The summed E-state index contributed by atoms with van der Waals surface area (Å²) in [6.07, 6.45) is -0.0530. The van der Waals surface area contributed by atoms with Crippen molar-refractivity contribution in [2.24, 2.45) is 0 Å². The van der Waals surface area contributed by atoms with E-state index in [0.29, 0.717) is 16.4 Å². The molecule has 1 heterocycles. The second-order valence-electron chi connectivity index (χ2n) is 3.13. The summed E-state index contributed by atoms with van der Waals surface area (Å²) in [5.74, 6) is -1.12. The first-order valence-electron chi connectivity index (χ1n) is 4.80. The highest BCUT2D eigenvalue weighted by atomic mass is 35.5. The lowest BCUT2D eigenvalue weighted by Crippen LogP contribution is -2.32. The van der Waals surface area contributed by atoms with E-state index in [-0.39, 0.29) is 18.9 Å². The van der Waals surface area contributed by atoms with Crippen LogP contribution in [0.25, 0.3) is 0 Å². The van der Waals surface area contributed by atoms with Gasteiger partial charge in [-0.2, -0.15) is 0 Å². The van der Waals surface area contributed by atoms with Gasteiger partial charge in [0.25, 0.3) is 5.91 Å². The Morgan fingerprint density at radius 3 is 2.69 bits per heavy atom. The molecule has 1 N–H and O–H groups in total. The molecule has 0 fully saturated rings. The van der Waals surface area contributed by atoms with E-state index in [1.807, 2.05) is 0 Å². The summed E-state index contributed by atoms with van der Waals surface area (Å²) in [5, 5.41) is 10.7. The van der Waals surface area contributed by atoms with Crippen LogP contribution in [-0.2, 0) is 4.79 Å². The van der Waals surface area contributed by atoms with Gasteiger partial charge in [0.05, 0.1) is 11.4 Å². The van der Waals surface area contributed by atoms with E-state index in [4.69, 9.17) is 16.7 Å². The summed E-state index contributed by atoms with van der Waals surface area (Å²) in [4.78, 5) is 24.3. The molecule has 0 bridgehead atoms. The molecule has 4 nitrogen and oxygen atoms in total. The van der Waals surface area contributed by atoms with Crippen molar-refractivity contribution in [2.45, 2.75) is 13.3 Å². The van der Waals surface area contributed by atoms with Gasteiger partial charge in [-0.25, -0.2) is 0 Å². The average Bonchev–Trinajstić information content (AvgIpc) is 2.64. The molecule has 16 heavy (non-hydrogen) atoms. The molecule has 6 heteroatoms. The Morgan fingerprint density at radius 1 is 1.56 bits per heavy atom. The van der Waals surface area contributed by atoms with Crippen LogP contribution < -0.4 is 0 Å². The predicted octanol–water partition coefficient (Wildman–Crippen LogP) is 2.34. The molecule has 0 aromatic carbocycles. The lowest BCUT2D eigenvalue weighted by atomic mass is 10.3. The normalized spacial score (nSPS) is 10.1. The molecule has 1 amide bonds. The van der Waals surface area contributed by atoms with Gasteiger partial charge in [-0.15, -0.1) is 11.3 Å². The third-order valence-electron chi connectivity index (χ3n) is 2.08. The van der Waals surface area contributed by atoms with Gasteiger partial charge in [0.15, 0.2) is 0 Å². The number of halogens is 1. The number of rotatable bonds is 5. The summed E-state index contributed by atoms with van der Waals surface area (Å²) in [5.41, 5.74) is 0. The van der Waals surface area contributed by atoms with Crippen LogP contribution in [0.1, 0.15) is 23.0 Å². The van der Waals surface area contributed by atoms with Crippen LogP contribution in [0, 0.1) is 0 Å². The van der Waals surface area contributed by atoms with Crippen molar-refractivity contribution in [3.63, 3.8) is 0 Å². The van der Waals surface area contributed by atoms with E-state index in [1.54, 1.807) is 18.4 Å². The van der Waals surface area contributed by atoms with Gasteiger partial charge in [-0.1, -0.05) is 11.6 Å². The van der Waals surface area contributed by atoms with Crippen LogP contribution in [0.15, 0.2) is 11.4 Å². The Hall–Kier alpha value is -1.07. The molecule has 0 radical (unpaired) electrons. The second kappa shape index (κ2) is 5.86. The minimum atomic E-state index is -0.913. The van der Waals surface area contributed by atoms with Crippen molar-refractivity contribution in [3.05, 3.63) is 21.3 Å². The minimum Gasteiger partial charge on any atom is -0.481 e. The van der Waals surface area contributed by atoms with Crippen LogP contribution in [-0.4, -0.2) is 35.0 Å². The van der Waals surface area contributed by atoms with Crippen molar-refractivity contribution >= 4 is 34.8 Å². The quantitative estimate of drug-likeness (QED) is 0.885. The molecule has 1 aromatic rings. The molecular formula is C10H12ClNO3S. The molecule has 88 valence electrons. The number of carbonyl (C=O) groups excluding carboxylic acids is 1. The minimum absolute atomic E-state index is 0.0530. The molecule has 0 aliphatic heterocycles. The molecular weight excluding hydrogens is 250 g/mol. The van der Waals surface area contributed by atoms with E-state index in [9.17, 15) is 9.59 Å². The van der Waals surface area contributed by atoms with Gasteiger partial charge < -0.3 is 10.0 Å². The van der Waals surface area contributed by atoms with Gasteiger partial charge in [-0.3, -0.25) is 9.59 Å². The summed E-state index contributed by atoms with van der Waals surface area (Å²) < 4.78 is 0. The molecule has 1 aromatic heterocycles. The molecule has 0 aliphatic carbocycles. The zero-order valence-electron chi connectivity index (χ0n) is 8.77. The van der Waals surface area contributed by atoms with E-state index >= 15 is 0 Å². The second-order valence-corrected chi connectivity index (χ2v) is 4.45. The number of carboxylic acid groups (broad SMARTS) is 1. The van der Waals surface area contributed by atoms with E-state index in [1.165, 1.54) is 16.2 Å². The zero-order valence-corrected chi connectivity index (χ0v) is 10.3. The third kappa shape index (κ3) is 3.21. The maximum Gasteiger partial charge on any atom is 0.305 e. The first-order chi connectivity index (χ1) is 7.56. The van der Waals surface area contributed by atoms with Gasteiger partial charge in [0, 0.05) is 13.1 Å². The molecule has 0 saturated heterocycles. The number of aliphatic carboxylic acids is 1. The van der Waals surface area contributed by atoms with Gasteiger partial charge >= 0.3 is 5.97 Å². The monoisotopic (exact) mass is 261 g/mol. The van der Waals surface area contributed by atoms with E-state index < -0.39 is 5.97 Å². The Bertz CT molecular complexity index is 391. The molecule has 0 spiro atoms. The first kappa shape index (κ1) is 13.0. The fourth-order valence-corrected chi connectivity index (χ4v) is 2.33. The Balaban J connectivity index is 2.70. The SMILES string of the molecule is CCN(CCC(=O)O)C(=O)c1sccc1Cl. The largest absolute Gasteiger partial charge is 0.481 e. The van der Waals surface area contributed by atoms with Crippen molar-refractivity contribution in [1.82, 2.24) is 4.90 Å². The summed E-state index contributed by atoms with van der Waals surface area (Å²) in [6.45, 7) is 2.49. The number of nitrogens with zero attached hydrogens (tertiary/aromatic N) is 1. The highest BCUT2D eigenvalue weighted by Gasteiger charge is 2.18. The standard InChI is InChI=1S/C10H12ClNO3S/c1-2-12(5-3-8(13)14)10(15)9-7(11)4-6-16-9/h4,6H,2-3,5H2,1H3,(H,13,14). The fourth-order valence-electron chi connectivity index (χ4n) is 1.22. The number of thiophene rings is 1. The van der Waals surface area contributed by atoms with E-state index in [0.717, 1.165) is 0 Å². The van der Waals surface area contributed by atoms with Gasteiger partial charge in [-0.05, 0) is 18.4 Å². The highest BCUT2D eigenvalue weighted by Crippen LogP contribution is 2.23. The van der Waals surface area contributed by atoms with Crippen molar-refractivity contribution < 1.29 is 14.7 Å². The van der Waals surface area contributed by atoms with Crippen LogP contribution in [0.5, 0.6) is 0 Å². The fraction of sp³-hybridized carbons (Fsp3) is 0.400. The van der Waals surface area contributed by atoms with Gasteiger partial charge in [0.1, 0.15) is 4.88 Å². The Morgan fingerprint density at radius 2 is 2.25 bits per heavy atom. The number of carboxylic acids is 1. The van der Waals surface area contributed by atoms with Crippen molar-refractivity contribution in [2.75, 3.05) is 13.1 Å². The lowest BCUT2D eigenvalue weighted by Gasteiger charge is -2.19. The maximum atomic E-state index is 11.9. The van der Waals surface area contributed by atoms with Gasteiger partial charge in [0.2, 0.25) is 0 Å². The Labute approximate surface area is 102 Å². The molecule has 0 aliphatic rings. The number of carbonyl (C=O) groups is 2. The molecule has 0 atom stereocenters. The van der Waals surface area contributed by atoms with Crippen LogP contribution in [0.3, 0.4) is 0 Å². The highest BCUT2D eigenvalue weighted by molar-refractivity contribution is 7.12. The third-order valence-corrected chi connectivity index (χ3v) is 3.41. The van der Waals surface area contributed by atoms with E-state index in [2.05, 4.69) is 0 Å². The number of hydrogen-bond donors (Lipinski definition) is 1. The van der Waals surface area contributed by atoms with Crippen molar-refractivity contribution in [3.8, 4) is 0 Å². The predicted molar refractivity (Wildman–Crippen MR) is 63.2 cm³/mol. The smallest absolute Gasteiger partial charge is 0.305 e. The van der Waals surface area contributed by atoms with Crippen LogP contribution in [0.4, 0.5) is 0 Å². The summed E-state index contributed by atoms with van der Waals surface area (Å²) in [6, 6.07) is 1.66. The molecule has 1 rings (SSSR count). The topological polar surface area (TPSA) is 57.6 Å². The Kier molecular flexibility index (Phi) is 4.76. The zero-order chi connectivity index (χ0) is 12.1. The molecule has 0 unspecified atom stereocenters.